The molecule has 2 N–H and O–H groups in total. The Morgan fingerprint density at radius 2 is 1.92 bits per heavy atom. The van der Waals surface area contributed by atoms with Gasteiger partial charge in [-0.2, -0.15) is 0 Å². The lowest BCUT2D eigenvalue weighted by Gasteiger charge is -2.06. The predicted octanol–water partition coefficient (Wildman–Crippen LogP) is 3.54. The number of pyridine rings is 1. The van der Waals surface area contributed by atoms with Gasteiger partial charge in [0.15, 0.2) is 5.82 Å². The van der Waals surface area contributed by atoms with Gasteiger partial charge in [0.1, 0.15) is 11.5 Å². The number of amides is 2. The van der Waals surface area contributed by atoms with Crippen molar-refractivity contribution >= 4 is 34.9 Å². The van der Waals surface area contributed by atoms with Crippen LogP contribution in [-0.2, 0) is 0 Å². The largest absolute Gasteiger partial charge is 0.360 e. The molecule has 0 aliphatic carbocycles. The lowest BCUT2D eigenvalue weighted by Crippen LogP contribution is -2.17. The van der Waals surface area contributed by atoms with Gasteiger partial charge in [-0.25, -0.2) is 0 Å². The van der Waals surface area contributed by atoms with E-state index < -0.39 is 11.8 Å². The first-order valence-corrected chi connectivity index (χ1v) is 7.67. The molecule has 0 saturated heterocycles. The fourth-order valence-corrected chi connectivity index (χ4v) is 2.26. The van der Waals surface area contributed by atoms with Gasteiger partial charge in [0.2, 0.25) is 0 Å². The third kappa shape index (κ3) is 4.21. The quantitative estimate of drug-likeness (QED) is 0.745. The van der Waals surface area contributed by atoms with Crippen molar-refractivity contribution in [3.63, 3.8) is 0 Å². The average molecular weight is 357 g/mol. The Balaban J connectivity index is 1.74. The van der Waals surface area contributed by atoms with E-state index in [0.717, 1.165) is 0 Å². The normalized spacial score (nSPS) is 10.3. The molecular formula is C17H13ClN4O3. The minimum atomic E-state index is -0.450. The van der Waals surface area contributed by atoms with Crippen molar-refractivity contribution in [2.45, 2.75) is 6.92 Å². The number of anilines is 2. The van der Waals surface area contributed by atoms with Gasteiger partial charge >= 0.3 is 0 Å². The Labute approximate surface area is 148 Å². The summed E-state index contributed by atoms with van der Waals surface area (Å²) in [5, 5.41) is 9.45. The summed E-state index contributed by atoms with van der Waals surface area (Å²) in [6.07, 6.45) is 1.38. The molecule has 2 amide bonds. The van der Waals surface area contributed by atoms with Crippen molar-refractivity contribution in [2.75, 3.05) is 10.6 Å². The van der Waals surface area contributed by atoms with E-state index in [1.54, 1.807) is 37.3 Å². The van der Waals surface area contributed by atoms with E-state index in [1.807, 2.05) is 0 Å². The van der Waals surface area contributed by atoms with Gasteiger partial charge in [0.05, 0.1) is 0 Å². The van der Waals surface area contributed by atoms with Gasteiger partial charge in [-0.1, -0.05) is 22.8 Å². The van der Waals surface area contributed by atoms with Crippen molar-refractivity contribution in [3.05, 3.63) is 70.7 Å². The molecule has 0 spiro atoms. The van der Waals surface area contributed by atoms with E-state index in [4.69, 9.17) is 16.1 Å². The Bertz CT molecular complexity index is 939. The number of benzene rings is 1. The molecule has 126 valence electrons. The molecule has 0 aliphatic heterocycles. The molecule has 8 heteroatoms. The molecule has 0 aliphatic rings. The van der Waals surface area contributed by atoms with Gasteiger partial charge < -0.3 is 15.2 Å². The summed E-state index contributed by atoms with van der Waals surface area (Å²) < 4.78 is 4.89. The highest BCUT2D eigenvalue weighted by molar-refractivity contribution is 6.31. The molecule has 0 atom stereocenters. The number of rotatable bonds is 4. The zero-order valence-corrected chi connectivity index (χ0v) is 13.9. The number of nitrogens with zero attached hydrogens (tertiary/aromatic N) is 2. The van der Waals surface area contributed by atoms with E-state index >= 15 is 0 Å². The van der Waals surface area contributed by atoms with Crippen LogP contribution in [0.5, 0.6) is 0 Å². The average Bonchev–Trinajstić information content (AvgIpc) is 3.00. The van der Waals surface area contributed by atoms with Crippen LogP contribution in [0.4, 0.5) is 11.5 Å². The van der Waals surface area contributed by atoms with Gasteiger partial charge in [-0.15, -0.1) is 0 Å². The van der Waals surface area contributed by atoms with Crippen LogP contribution in [-0.4, -0.2) is 22.0 Å². The minimum absolute atomic E-state index is 0.101. The standard InChI is InChI=1S/C17H13ClN4O3/c1-10-7-15(22-25-10)21-16(23)11-5-6-19-14(8-11)17(24)20-13-4-2-3-12(18)9-13/h2-9H,1H3,(H,20,24)(H,21,22,23). The molecule has 7 nitrogen and oxygen atoms in total. The highest BCUT2D eigenvalue weighted by atomic mass is 35.5. The van der Waals surface area contributed by atoms with Crippen molar-refractivity contribution in [2.24, 2.45) is 0 Å². The third-order valence-corrected chi connectivity index (χ3v) is 3.44. The zero-order chi connectivity index (χ0) is 17.8. The lowest BCUT2D eigenvalue weighted by molar-refractivity contribution is 0.102. The molecule has 2 heterocycles. The number of carbonyl (C=O) groups is 2. The SMILES string of the molecule is Cc1cc(NC(=O)c2ccnc(C(=O)Nc3cccc(Cl)c3)c2)no1. The zero-order valence-electron chi connectivity index (χ0n) is 13.1. The van der Waals surface area contributed by atoms with Crippen LogP contribution < -0.4 is 10.6 Å². The Morgan fingerprint density at radius 3 is 2.64 bits per heavy atom. The van der Waals surface area contributed by atoms with Crippen LogP contribution in [0.25, 0.3) is 0 Å². The molecule has 2 aromatic heterocycles. The van der Waals surface area contributed by atoms with Crippen LogP contribution >= 0.6 is 11.6 Å². The summed E-state index contributed by atoms with van der Waals surface area (Å²) >= 11 is 5.89. The lowest BCUT2D eigenvalue weighted by atomic mass is 10.2. The first kappa shape index (κ1) is 16.7. The number of hydrogen-bond acceptors (Lipinski definition) is 5. The predicted molar refractivity (Wildman–Crippen MR) is 92.8 cm³/mol. The summed E-state index contributed by atoms with van der Waals surface area (Å²) in [5.41, 5.74) is 0.906. The van der Waals surface area contributed by atoms with Crippen molar-refractivity contribution < 1.29 is 14.1 Å². The topological polar surface area (TPSA) is 97.1 Å². The fraction of sp³-hybridized carbons (Fsp3) is 0.0588. The third-order valence-electron chi connectivity index (χ3n) is 3.21. The first-order chi connectivity index (χ1) is 12.0. The van der Waals surface area contributed by atoms with E-state index in [1.165, 1.54) is 18.3 Å². The van der Waals surface area contributed by atoms with Gasteiger partial charge in [-0.05, 0) is 37.3 Å². The number of aromatic nitrogens is 2. The number of halogens is 1. The Hall–Kier alpha value is -3.19. The van der Waals surface area contributed by atoms with Crippen LogP contribution in [0.15, 0.2) is 53.2 Å². The van der Waals surface area contributed by atoms with E-state index in [-0.39, 0.29) is 11.3 Å². The monoisotopic (exact) mass is 356 g/mol. The van der Waals surface area contributed by atoms with Gasteiger partial charge in [0, 0.05) is 28.5 Å². The van der Waals surface area contributed by atoms with Crippen LogP contribution in [0.1, 0.15) is 26.6 Å². The summed E-state index contributed by atoms with van der Waals surface area (Å²) in [4.78, 5) is 28.5. The van der Waals surface area contributed by atoms with Crippen LogP contribution in [0.2, 0.25) is 5.02 Å². The number of aryl methyl sites for hydroxylation is 1. The van der Waals surface area contributed by atoms with E-state index in [2.05, 4.69) is 20.8 Å². The molecule has 0 saturated carbocycles. The molecule has 3 aromatic rings. The van der Waals surface area contributed by atoms with E-state index in [9.17, 15) is 9.59 Å². The highest BCUT2D eigenvalue weighted by Crippen LogP contribution is 2.16. The summed E-state index contributed by atoms with van der Waals surface area (Å²) in [6.45, 7) is 1.72. The molecule has 0 radical (unpaired) electrons. The summed E-state index contributed by atoms with van der Waals surface area (Å²) in [6, 6.07) is 11.2. The Kier molecular flexibility index (Phi) is 4.76. The summed E-state index contributed by atoms with van der Waals surface area (Å²) in [5.74, 6) is -0.00226. The van der Waals surface area contributed by atoms with Gasteiger partial charge in [-0.3, -0.25) is 14.6 Å². The maximum absolute atomic E-state index is 12.3. The molecule has 0 bridgehead atoms. The smallest absolute Gasteiger partial charge is 0.274 e. The molecule has 3 rings (SSSR count). The maximum atomic E-state index is 12.3. The van der Waals surface area contributed by atoms with E-state index in [0.29, 0.717) is 22.3 Å². The summed E-state index contributed by atoms with van der Waals surface area (Å²) in [7, 11) is 0. The Morgan fingerprint density at radius 1 is 1.08 bits per heavy atom. The highest BCUT2D eigenvalue weighted by Gasteiger charge is 2.13. The van der Waals surface area contributed by atoms with Crippen molar-refractivity contribution in [3.8, 4) is 0 Å². The first-order valence-electron chi connectivity index (χ1n) is 7.29. The fourth-order valence-electron chi connectivity index (χ4n) is 2.07. The number of nitrogens with one attached hydrogen (secondary N) is 2. The second kappa shape index (κ2) is 7.14. The molecule has 1 aromatic carbocycles. The van der Waals surface area contributed by atoms with Crippen LogP contribution in [0.3, 0.4) is 0 Å². The molecule has 0 fully saturated rings. The van der Waals surface area contributed by atoms with Gasteiger partial charge in [0.25, 0.3) is 11.8 Å². The maximum Gasteiger partial charge on any atom is 0.274 e. The molecule has 25 heavy (non-hydrogen) atoms. The second-order valence-corrected chi connectivity index (χ2v) is 5.61. The minimum Gasteiger partial charge on any atom is -0.360 e. The second-order valence-electron chi connectivity index (χ2n) is 5.17. The molecule has 0 unspecified atom stereocenters. The number of carbonyl (C=O) groups excluding carboxylic acids is 2. The van der Waals surface area contributed by atoms with Crippen molar-refractivity contribution in [1.29, 1.82) is 0 Å². The molecular weight excluding hydrogens is 344 g/mol. The van der Waals surface area contributed by atoms with Crippen LogP contribution in [0, 0.1) is 6.92 Å². The number of hydrogen-bond donors (Lipinski definition) is 2. The van der Waals surface area contributed by atoms with Crippen molar-refractivity contribution in [1.82, 2.24) is 10.1 Å².